The van der Waals surface area contributed by atoms with E-state index in [0.717, 1.165) is 4.88 Å². The van der Waals surface area contributed by atoms with Crippen molar-refractivity contribution in [3.05, 3.63) is 75.9 Å². The maximum atomic E-state index is 13.6. The Bertz CT molecular complexity index is 1120. The molecule has 1 saturated heterocycles. The van der Waals surface area contributed by atoms with Gasteiger partial charge in [-0.3, -0.25) is 9.59 Å². The van der Waals surface area contributed by atoms with Crippen LogP contribution in [0.25, 0.3) is 0 Å². The van der Waals surface area contributed by atoms with Gasteiger partial charge in [0.2, 0.25) is 5.91 Å². The number of halogens is 2. The van der Waals surface area contributed by atoms with Gasteiger partial charge in [0.05, 0.1) is 30.8 Å². The fraction of sp³-hybridized carbons (Fsp3) is 0.360. The quantitative estimate of drug-likeness (QED) is 0.430. The molecule has 1 aromatic carbocycles. The molecule has 180 valence electrons. The Labute approximate surface area is 200 Å². The predicted octanol–water partition coefficient (Wildman–Crippen LogP) is 5.33. The van der Waals surface area contributed by atoms with Crippen LogP contribution in [-0.2, 0) is 17.9 Å². The van der Waals surface area contributed by atoms with Crippen molar-refractivity contribution in [3.8, 4) is 5.75 Å². The lowest BCUT2D eigenvalue weighted by atomic mass is 9.95. The van der Waals surface area contributed by atoms with Crippen LogP contribution in [0.5, 0.6) is 5.75 Å². The summed E-state index contributed by atoms with van der Waals surface area (Å²) in [4.78, 5) is 32.3. The number of alkyl halides is 2. The standard InChI is InChI=1S/C25H26F2N2O4S/c1-17-10-11-20(34-17)16-29(15-19-7-5-13-32-19)23(30)18-6-4-12-28(14-18)24(31)21-8-2-3-9-22(21)33-25(26)27/h2-3,5,7-11,13,18,25H,4,6,12,14-16H2,1H3. The van der Waals surface area contributed by atoms with Crippen molar-refractivity contribution < 1.29 is 27.5 Å². The van der Waals surface area contributed by atoms with Crippen molar-refractivity contribution in [1.82, 2.24) is 9.80 Å². The number of furan rings is 1. The average Bonchev–Trinajstić information content (AvgIpc) is 3.49. The van der Waals surface area contributed by atoms with E-state index >= 15 is 0 Å². The number of rotatable bonds is 8. The molecule has 1 unspecified atom stereocenters. The van der Waals surface area contributed by atoms with Crippen molar-refractivity contribution in [2.24, 2.45) is 5.92 Å². The van der Waals surface area contributed by atoms with Gasteiger partial charge in [-0.25, -0.2) is 0 Å². The number of thiophene rings is 1. The fourth-order valence-corrected chi connectivity index (χ4v) is 5.10. The van der Waals surface area contributed by atoms with E-state index in [2.05, 4.69) is 4.74 Å². The number of benzene rings is 1. The summed E-state index contributed by atoms with van der Waals surface area (Å²) in [7, 11) is 0. The maximum Gasteiger partial charge on any atom is 0.387 e. The molecule has 0 N–H and O–H groups in total. The molecule has 4 rings (SSSR count). The number of hydrogen-bond donors (Lipinski definition) is 0. The summed E-state index contributed by atoms with van der Waals surface area (Å²) in [5.41, 5.74) is 0.0670. The molecular formula is C25H26F2N2O4S. The molecule has 34 heavy (non-hydrogen) atoms. The zero-order valence-electron chi connectivity index (χ0n) is 18.8. The topological polar surface area (TPSA) is 63.0 Å². The summed E-state index contributed by atoms with van der Waals surface area (Å²) >= 11 is 1.64. The first-order valence-corrected chi connectivity index (χ1v) is 11.9. The number of nitrogens with zero attached hydrogens (tertiary/aromatic N) is 2. The second-order valence-corrected chi connectivity index (χ2v) is 9.62. The SMILES string of the molecule is Cc1ccc(CN(Cc2ccco2)C(=O)C2CCCN(C(=O)c3ccccc3OC(F)F)C2)s1. The van der Waals surface area contributed by atoms with Crippen LogP contribution in [0.1, 0.15) is 38.7 Å². The van der Waals surface area contributed by atoms with Crippen LogP contribution in [0.2, 0.25) is 0 Å². The summed E-state index contributed by atoms with van der Waals surface area (Å²) in [6, 6.07) is 13.6. The number of likely N-dealkylation sites (tertiary alicyclic amines) is 1. The molecule has 0 bridgehead atoms. The van der Waals surface area contributed by atoms with Crippen LogP contribution < -0.4 is 4.74 Å². The number of carbonyl (C=O) groups excluding carboxylic acids is 2. The molecule has 0 radical (unpaired) electrons. The minimum absolute atomic E-state index is 0.0583. The molecule has 0 saturated carbocycles. The molecular weight excluding hydrogens is 462 g/mol. The molecule has 9 heteroatoms. The van der Waals surface area contributed by atoms with Crippen molar-refractivity contribution in [2.75, 3.05) is 13.1 Å². The number of amides is 2. The minimum Gasteiger partial charge on any atom is -0.467 e. The highest BCUT2D eigenvalue weighted by atomic mass is 32.1. The summed E-state index contributed by atoms with van der Waals surface area (Å²) < 4.78 is 35.6. The van der Waals surface area contributed by atoms with Gasteiger partial charge in [0, 0.05) is 22.8 Å². The highest BCUT2D eigenvalue weighted by molar-refractivity contribution is 7.11. The van der Waals surface area contributed by atoms with Gasteiger partial charge in [0.15, 0.2) is 0 Å². The van der Waals surface area contributed by atoms with Gasteiger partial charge < -0.3 is 19.0 Å². The third-order valence-corrected chi connectivity index (χ3v) is 6.76. The molecule has 1 aliphatic rings. The summed E-state index contributed by atoms with van der Waals surface area (Å²) in [5.74, 6) is -0.346. The molecule has 3 heterocycles. The molecule has 1 fully saturated rings. The number of hydrogen-bond acceptors (Lipinski definition) is 5. The second kappa shape index (κ2) is 10.8. The highest BCUT2D eigenvalue weighted by Gasteiger charge is 2.33. The smallest absolute Gasteiger partial charge is 0.387 e. The predicted molar refractivity (Wildman–Crippen MR) is 124 cm³/mol. The van der Waals surface area contributed by atoms with E-state index in [9.17, 15) is 18.4 Å². The van der Waals surface area contributed by atoms with Gasteiger partial charge in [-0.2, -0.15) is 8.78 Å². The lowest BCUT2D eigenvalue weighted by molar-refractivity contribution is -0.138. The van der Waals surface area contributed by atoms with Gasteiger partial charge in [-0.1, -0.05) is 12.1 Å². The molecule has 1 aliphatic heterocycles. The number of carbonyl (C=O) groups is 2. The van der Waals surface area contributed by atoms with E-state index in [1.165, 1.54) is 23.1 Å². The first-order valence-electron chi connectivity index (χ1n) is 11.1. The third kappa shape index (κ3) is 5.83. The van der Waals surface area contributed by atoms with Crippen LogP contribution >= 0.6 is 11.3 Å². The van der Waals surface area contributed by atoms with E-state index in [1.807, 2.05) is 25.1 Å². The first kappa shape index (κ1) is 23.9. The molecule has 2 amide bonds. The molecule has 0 aliphatic carbocycles. The van der Waals surface area contributed by atoms with Crippen LogP contribution in [0.4, 0.5) is 8.78 Å². The molecule has 6 nitrogen and oxygen atoms in total. The minimum atomic E-state index is -3.03. The Morgan fingerprint density at radius 2 is 2.00 bits per heavy atom. The number of ether oxygens (including phenoxy) is 1. The van der Waals surface area contributed by atoms with Crippen molar-refractivity contribution in [1.29, 1.82) is 0 Å². The van der Waals surface area contributed by atoms with Gasteiger partial charge in [0.1, 0.15) is 11.5 Å². The number of aryl methyl sites for hydroxylation is 1. The van der Waals surface area contributed by atoms with E-state index in [1.54, 1.807) is 39.5 Å². The zero-order chi connectivity index (χ0) is 24.1. The molecule has 0 spiro atoms. The monoisotopic (exact) mass is 488 g/mol. The Morgan fingerprint density at radius 1 is 1.18 bits per heavy atom. The van der Waals surface area contributed by atoms with Gasteiger partial charge in [0.25, 0.3) is 5.91 Å². The largest absolute Gasteiger partial charge is 0.467 e. The number of piperidine rings is 1. The fourth-order valence-electron chi connectivity index (χ4n) is 4.19. The summed E-state index contributed by atoms with van der Waals surface area (Å²) in [6.07, 6.45) is 2.87. The van der Waals surface area contributed by atoms with Crippen LogP contribution in [0, 0.1) is 12.8 Å². The second-order valence-electron chi connectivity index (χ2n) is 8.25. The van der Waals surface area contributed by atoms with Crippen LogP contribution in [0.3, 0.4) is 0 Å². The Hall–Kier alpha value is -3.20. The summed E-state index contributed by atoms with van der Waals surface area (Å²) in [5, 5.41) is 0. The lowest BCUT2D eigenvalue weighted by Crippen LogP contribution is -2.46. The first-order chi connectivity index (χ1) is 16.4. The van der Waals surface area contributed by atoms with Crippen molar-refractivity contribution in [2.45, 2.75) is 39.5 Å². The maximum absolute atomic E-state index is 13.6. The third-order valence-electron chi connectivity index (χ3n) is 5.77. The lowest BCUT2D eigenvalue weighted by Gasteiger charge is -2.35. The van der Waals surface area contributed by atoms with E-state index < -0.39 is 18.4 Å². The van der Waals surface area contributed by atoms with E-state index in [0.29, 0.717) is 38.2 Å². The zero-order valence-corrected chi connectivity index (χ0v) is 19.6. The Balaban J connectivity index is 1.50. The average molecular weight is 489 g/mol. The van der Waals surface area contributed by atoms with E-state index in [-0.39, 0.29) is 23.8 Å². The van der Waals surface area contributed by atoms with Crippen molar-refractivity contribution >= 4 is 23.2 Å². The Morgan fingerprint density at radius 3 is 2.71 bits per heavy atom. The summed E-state index contributed by atoms with van der Waals surface area (Å²) in [6.45, 7) is 0.451. The van der Waals surface area contributed by atoms with Gasteiger partial charge >= 0.3 is 6.61 Å². The van der Waals surface area contributed by atoms with E-state index in [4.69, 9.17) is 4.42 Å². The van der Waals surface area contributed by atoms with Crippen LogP contribution in [0.15, 0.2) is 59.2 Å². The van der Waals surface area contributed by atoms with Crippen LogP contribution in [-0.4, -0.2) is 41.3 Å². The van der Waals surface area contributed by atoms with Gasteiger partial charge in [-0.05, 0) is 56.2 Å². The highest BCUT2D eigenvalue weighted by Crippen LogP contribution is 2.27. The van der Waals surface area contributed by atoms with Gasteiger partial charge in [-0.15, -0.1) is 11.3 Å². The number of para-hydroxylation sites is 1. The molecule has 1 atom stereocenters. The molecule has 2 aromatic heterocycles. The molecule has 3 aromatic rings. The normalized spacial score (nSPS) is 16.0. The Kier molecular flexibility index (Phi) is 7.62. The van der Waals surface area contributed by atoms with Crippen molar-refractivity contribution in [3.63, 3.8) is 0 Å².